The first-order chi connectivity index (χ1) is 16.0. The number of rotatable bonds is 5. The van der Waals surface area contributed by atoms with E-state index < -0.39 is 0 Å². The van der Waals surface area contributed by atoms with E-state index in [1.165, 1.54) is 12.3 Å². The van der Waals surface area contributed by atoms with Crippen molar-refractivity contribution in [2.75, 3.05) is 5.32 Å². The average Bonchev–Trinajstić information content (AvgIpc) is 3.42. The van der Waals surface area contributed by atoms with Gasteiger partial charge in [0.2, 0.25) is 0 Å². The fraction of sp³-hybridized carbons (Fsp3) is 0.160. The number of halogens is 1. The molecule has 0 atom stereocenters. The molecule has 0 saturated carbocycles. The lowest BCUT2D eigenvalue weighted by Crippen LogP contribution is -2.17. The number of carbonyl (C=O) groups excluding carboxylic acids is 1. The number of anilines is 1. The number of pyridine rings is 1. The van der Waals surface area contributed by atoms with Crippen molar-refractivity contribution in [3.05, 3.63) is 94.0 Å². The number of carbonyl (C=O) groups is 1. The van der Waals surface area contributed by atoms with Crippen molar-refractivity contribution in [3.8, 4) is 11.3 Å². The van der Waals surface area contributed by atoms with E-state index in [1.807, 2.05) is 36.4 Å². The van der Waals surface area contributed by atoms with Gasteiger partial charge < -0.3 is 15.3 Å². The molecule has 33 heavy (non-hydrogen) atoms. The SMILES string of the molecule is Cc1[nH]c(=O)c(-c2cc3ccccc3[nH]2)cc1NC(=O)c1cnn(CC2=CCCC(F)=C2)c1. The van der Waals surface area contributed by atoms with E-state index in [9.17, 15) is 14.0 Å². The van der Waals surface area contributed by atoms with Gasteiger partial charge in [-0.2, -0.15) is 5.10 Å². The van der Waals surface area contributed by atoms with Gasteiger partial charge in [0.05, 0.1) is 35.2 Å². The summed E-state index contributed by atoms with van der Waals surface area (Å²) in [6.07, 6.45) is 7.67. The van der Waals surface area contributed by atoms with Gasteiger partial charge in [-0.1, -0.05) is 24.3 Å². The third-order valence-corrected chi connectivity index (χ3v) is 5.68. The van der Waals surface area contributed by atoms with Gasteiger partial charge in [-0.05, 0) is 43.2 Å². The van der Waals surface area contributed by atoms with E-state index >= 15 is 0 Å². The summed E-state index contributed by atoms with van der Waals surface area (Å²) in [6.45, 7) is 2.12. The van der Waals surface area contributed by atoms with Gasteiger partial charge in [0, 0.05) is 29.2 Å². The van der Waals surface area contributed by atoms with E-state index in [0.717, 1.165) is 16.5 Å². The number of fused-ring (bicyclic) bond motifs is 1. The van der Waals surface area contributed by atoms with Crippen LogP contribution < -0.4 is 10.9 Å². The van der Waals surface area contributed by atoms with E-state index in [4.69, 9.17) is 0 Å². The molecule has 166 valence electrons. The van der Waals surface area contributed by atoms with E-state index in [2.05, 4.69) is 20.4 Å². The van der Waals surface area contributed by atoms with Crippen molar-refractivity contribution in [3.63, 3.8) is 0 Å². The topological polar surface area (TPSA) is 95.6 Å². The molecule has 0 spiro atoms. The molecule has 0 unspecified atom stereocenters. The zero-order valence-electron chi connectivity index (χ0n) is 18.0. The smallest absolute Gasteiger partial charge is 0.258 e. The Labute approximate surface area is 188 Å². The predicted octanol–water partition coefficient (Wildman–Crippen LogP) is 4.85. The second kappa shape index (κ2) is 8.38. The van der Waals surface area contributed by atoms with Gasteiger partial charge in [0.25, 0.3) is 11.5 Å². The Balaban J connectivity index is 1.37. The summed E-state index contributed by atoms with van der Waals surface area (Å²) in [7, 11) is 0. The van der Waals surface area contributed by atoms with Crippen LogP contribution in [0, 0.1) is 6.92 Å². The first-order valence-corrected chi connectivity index (χ1v) is 10.7. The fourth-order valence-electron chi connectivity index (χ4n) is 3.96. The number of nitrogens with zero attached hydrogens (tertiary/aromatic N) is 2. The molecule has 8 heteroatoms. The van der Waals surface area contributed by atoms with Crippen LogP contribution in [0.2, 0.25) is 0 Å². The van der Waals surface area contributed by atoms with Crippen LogP contribution in [-0.2, 0) is 6.54 Å². The predicted molar refractivity (Wildman–Crippen MR) is 126 cm³/mol. The highest BCUT2D eigenvalue weighted by atomic mass is 19.1. The van der Waals surface area contributed by atoms with Gasteiger partial charge in [-0.25, -0.2) is 4.39 Å². The second-order valence-corrected chi connectivity index (χ2v) is 8.11. The number of aromatic nitrogens is 4. The fourth-order valence-corrected chi connectivity index (χ4v) is 3.96. The summed E-state index contributed by atoms with van der Waals surface area (Å²) in [6, 6.07) is 11.3. The summed E-state index contributed by atoms with van der Waals surface area (Å²) in [5.41, 5.74) is 4.03. The first kappa shape index (κ1) is 20.7. The quantitative estimate of drug-likeness (QED) is 0.411. The van der Waals surface area contributed by atoms with Crippen LogP contribution in [0.1, 0.15) is 28.9 Å². The Bertz CT molecular complexity index is 1450. The highest BCUT2D eigenvalue weighted by Gasteiger charge is 2.15. The molecule has 3 aromatic heterocycles. The maximum atomic E-state index is 13.5. The van der Waals surface area contributed by atoms with E-state index in [1.54, 1.807) is 23.9 Å². The molecule has 1 amide bonds. The van der Waals surface area contributed by atoms with Crippen LogP contribution in [0.15, 0.2) is 77.1 Å². The summed E-state index contributed by atoms with van der Waals surface area (Å²) in [5.74, 6) is -0.490. The normalized spacial score (nSPS) is 13.6. The monoisotopic (exact) mass is 443 g/mol. The van der Waals surface area contributed by atoms with Crippen LogP contribution in [-0.4, -0.2) is 25.7 Å². The van der Waals surface area contributed by atoms with Gasteiger partial charge in [-0.15, -0.1) is 0 Å². The number of aromatic amines is 2. The van der Waals surface area contributed by atoms with Crippen molar-refractivity contribution >= 4 is 22.5 Å². The first-order valence-electron chi connectivity index (χ1n) is 10.7. The summed E-state index contributed by atoms with van der Waals surface area (Å²) < 4.78 is 15.1. The van der Waals surface area contributed by atoms with Crippen molar-refractivity contribution < 1.29 is 9.18 Å². The molecule has 4 aromatic rings. The van der Waals surface area contributed by atoms with Crippen molar-refractivity contribution in [1.82, 2.24) is 19.7 Å². The highest BCUT2D eigenvalue weighted by molar-refractivity contribution is 6.04. The van der Waals surface area contributed by atoms with Gasteiger partial charge in [-0.3, -0.25) is 14.3 Å². The van der Waals surface area contributed by atoms with Crippen LogP contribution in [0.4, 0.5) is 10.1 Å². The lowest BCUT2D eigenvalue weighted by atomic mass is 10.1. The molecule has 0 fully saturated rings. The minimum absolute atomic E-state index is 0.142. The zero-order chi connectivity index (χ0) is 22.9. The number of para-hydroxylation sites is 1. The largest absolute Gasteiger partial charge is 0.354 e. The number of amides is 1. The molecule has 5 rings (SSSR count). The molecule has 1 aliphatic carbocycles. The molecule has 0 aliphatic heterocycles. The molecular weight excluding hydrogens is 421 g/mol. The molecule has 0 bridgehead atoms. The Morgan fingerprint density at radius 2 is 2.09 bits per heavy atom. The number of benzene rings is 1. The minimum Gasteiger partial charge on any atom is -0.354 e. The maximum absolute atomic E-state index is 13.5. The summed E-state index contributed by atoms with van der Waals surface area (Å²) in [5, 5.41) is 8.08. The Morgan fingerprint density at radius 3 is 2.91 bits per heavy atom. The lowest BCUT2D eigenvalue weighted by Gasteiger charge is -2.09. The number of aryl methyl sites for hydroxylation is 1. The van der Waals surface area contributed by atoms with Crippen LogP contribution >= 0.6 is 0 Å². The molecular formula is C25H22FN5O2. The van der Waals surface area contributed by atoms with Crippen molar-refractivity contribution in [2.45, 2.75) is 26.3 Å². The standard InChI is InChI=1S/C25H22FN5O2/c1-15-22(11-20(25(33)28-15)23-10-17-6-2-3-8-21(17)29-23)30-24(32)18-12-27-31(14-18)13-16-5-4-7-19(26)9-16/h2-3,5-6,8-12,14,29H,4,7,13H2,1H3,(H,28,33)(H,30,32). The maximum Gasteiger partial charge on any atom is 0.258 e. The third kappa shape index (κ3) is 4.27. The number of nitrogens with one attached hydrogen (secondary N) is 3. The van der Waals surface area contributed by atoms with Gasteiger partial charge in [0.15, 0.2) is 0 Å². The molecule has 0 saturated heterocycles. The average molecular weight is 443 g/mol. The van der Waals surface area contributed by atoms with Crippen LogP contribution in [0.3, 0.4) is 0 Å². The minimum atomic E-state index is -0.349. The Morgan fingerprint density at radius 1 is 1.24 bits per heavy atom. The van der Waals surface area contributed by atoms with E-state index in [0.29, 0.717) is 47.6 Å². The summed E-state index contributed by atoms with van der Waals surface area (Å²) >= 11 is 0. The second-order valence-electron chi connectivity index (χ2n) is 8.11. The van der Waals surface area contributed by atoms with E-state index in [-0.39, 0.29) is 17.3 Å². The number of allylic oxidation sites excluding steroid dienone is 4. The molecule has 1 aromatic carbocycles. The number of hydrogen-bond acceptors (Lipinski definition) is 3. The molecule has 3 N–H and O–H groups in total. The van der Waals surface area contributed by atoms with Crippen molar-refractivity contribution in [2.24, 2.45) is 0 Å². The molecule has 3 heterocycles. The van der Waals surface area contributed by atoms with Gasteiger partial charge in [0.1, 0.15) is 5.83 Å². The number of hydrogen-bond donors (Lipinski definition) is 3. The lowest BCUT2D eigenvalue weighted by molar-refractivity contribution is 0.102. The summed E-state index contributed by atoms with van der Waals surface area (Å²) in [4.78, 5) is 31.5. The Hall–Kier alpha value is -4.20. The van der Waals surface area contributed by atoms with Crippen LogP contribution in [0.25, 0.3) is 22.2 Å². The molecule has 0 radical (unpaired) electrons. The molecule has 7 nitrogen and oxygen atoms in total. The molecule has 1 aliphatic rings. The number of H-pyrrole nitrogens is 2. The Kier molecular flexibility index (Phi) is 5.26. The van der Waals surface area contributed by atoms with Gasteiger partial charge >= 0.3 is 0 Å². The van der Waals surface area contributed by atoms with Crippen molar-refractivity contribution in [1.29, 1.82) is 0 Å². The van der Waals surface area contributed by atoms with Crippen LogP contribution in [0.5, 0.6) is 0 Å². The zero-order valence-corrected chi connectivity index (χ0v) is 18.0. The highest BCUT2D eigenvalue weighted by Crippen LogP contribution is 2.25. The third-order valence-electron chi connectivity index (χ3n) is 5.68.